The van der Waals surface area contributed by atoms with E-state index in [9.17, 15) is 4.79 Å². The zero-order valence-corrected chi connectivity index (χ0v) is 19.0. The van der Waals surface area contributed by atoms with Crippen LogP contribution in [0.1, 0.15) is 63.2 Å². The highest BCUT2D eigenvalue weighted by Crippen LogP contribution is 2.39. The predicted molar refractivity (Wildman–Crippen MR) is 119 cm³/mol. The van der Waals surface area contributed by atoms with Crippen LogP contribution in [0.3, 0.4) is 0 Å². The number of rotatable bonds is 5. The molecule has 1 aliphatic carbocycles. The van der Waals surface area contributed by atoms with Crippen LogP contribution in [-0.4, -0.2) is 41.0 Å². The largest absolute Gasteiger partial charge is 0.360 e. The highest BCUT2D eigenvalue weighted by molar-refractivity contribution is 7.19. The number of thiophene rings is 1. The molecule has 0 radical (unpaired) electrons. The van der Waals surface area contributed by atoms with Crippen molar-refractivity contribution in [2.45, 2.75) is 71.9 Å². The first-order chi connectivity index (χ1) is 13.8. The quantitative estimate of drug-likeness (QED) is 0.700. The molecule has 0 unspecified atom stereocenters. The lowest BCUT2D eigenvalue weighted by atomic mass is 9.99. The van der Waals surface area contributed by atoms with Crippen molar-refractivity contribution in [1.82, 2.24) is 15.3 Å². The molecule has 0 aromatic carbocycles. The molecule has 0 atom stereocenters. The number of nitrogens with one attached hydrogen (secondary N) is 3. The number of carbonyl (C=O) groups is 1. The second kappa shape index (κ2) is 8.19. The Morgan fingerprint density at radius 2 is 1.97 bits per heavy atom. The smallest absolute Gasteiger partial charge is 0.239 e. The third kappa shape index (κ3) is 4.89. The Hall–Kier alpha value is -1.73. The maximum Gasteiger partial charge on any atom is 0.239 e. The lowest BCUT2D eigenvalue weighted by Gasteiger charge is -2.26. The summed E-state index contributed by atoms with van der Waals surface area (Å²) in [6, 6.07) is 0. The normalized spacial score (nSPS) is 21.9. The number of piperidine rings is 1. The van der Waals surface area contributed by atoms with Crippen LogP contribution in [0.2, 0.25) is 0 Å². The average molecular weight is 417 g/mol. The predicted octanol–water partition coefficient (Wildman–Crippen LogP) is 2.32. The minimum atomic E-state index is -0.233. The molecule has 7 heteroatoms. The van der Waals surface area contributed by atoms with Gasteiger partial charge in [0.1, 0.15) is 17.2 Å². The number of amides is 1. The third-order valence-corrected chi connectivity index (χ3v) is 7.12. The molecular formula is C22H34N5OS+. The highest BCUT2D eigenvalue weighted by atomic mass is 32.1. The van der Waals surface area contributed by atoms with Gasteiger partial charge in [-0.15, -0.1) is 11.3 Å². The van der Waals surface area contributed by atoms with Crippen LogP contribution in [0.4, 0.5) is 5.82 Å². The van der Waals surface area contributed by atoms with Crippen molar-refractivity contribution in [1.29, 1.82) is 0 Å². The Morgan fingerprint density at radius 1 is 1.21 bits per heavy atom. The van der Waals surface area contributed by atoms with Gasteiger partial charge in [0.05, 0.1) is 25.0 Å². The Morgan fingerprint density at radius 3 is 2.69 bits per heavy atom. The maximum absolute atomic E-state index is 12.4. The summed E-state index contributed by atoms with van der Waals surface area (Å²) in [5, 5.41) is 7.52. The lowest BCUT2D eigenvalue weighted by molar-refractivity contribution is -0.920. The molecule has 6 nitrogen and oxygen atoms in total. The average Bonchev–Trinajstić information content (AvgIpc) is 3.21. The Kier molecular flexibility index (Phi) is 5.80. The van der Waals surface area contributed by atoms with Gasteiger partial charge < -0.3 is 15.5 Å². The number of carbonyl (C=O) groups excluding carboxylic acids is 1. The Labute approximate surface area is 177 Å². The van der Waals surface area contributed by atoms with Crippen molar-refractivity contribution in [3.05, 3.63) is 16.3 Å². The highest BCUT2D eigenvalue weighted by Gasteiger charge is 2.25. The molecule has 0 bridgehead atoms. The lowest BCUT2D eigenvalue weighted by Crippen LogP contribution is -3.11. The molecule has 4 rings (SSSR count). The molecule has 158 valence electrons. The van der Waals surface area contributed by atoms with Gasteiger partial charge in [-0.25, -0.2) is 9.97 Å². The zero-order chi connectivity index (χ0) is 20.6. The van der Waals surface area contributed by atoms with Gasteiger partial charge in [0.25, 0.3) is 0 Å². The molecule has 3 N–H and O–H groups in total. The Balaban J connectivity index is 1.57. The van der Waals surface area contributed by atoms with Crippen molar-refractivity contribution in [3.63, 3.8) is 0 Å². The first-order valence-corrected chi connectivity index (χ1v) is 11.8. The monoisotopic (exact) mass is 416 g/mol. The van der Waals surface area contributed by atoms with Crippen LogP contribution >= 0.6 is 11.3 Å². The summed E-state index contributed by atoms with van der Waals surface area (Å²) in [5.41, 5.74) is 1.16. The number of quaternary nitrogens is 1. The number of aryl methyl sites for hydroxylation is 2. The second-order valence-electron chi connectivity index (χ2n) is 9.79. The van der Waals surface area contributed by atoms with Crippen molar-refractivity contribution in [2.24, 2.45) is 5.92 Å². The van der Waals surface area contributed by atoms with Gasteiger partial charge in [0.2, 0.25) is 5.91 Å². The van der Waals surface area contributed by atoms with E-state index >= 15 is 0 Å². The summed E-state index contributed by atoms with van der Waals surface area (Å²) in [6.45, 7) is 11.8. The topological polar surface area (TPSA) is 71.3 Å². The van der Waals surface area contributed by atoms with Crippen LogP contribution in [0, 0.1) is 5.92 Å². The number of anilines is 1. The van der Waals surface area contributed by atoms with Crippen molar-refractivity contribution in [2.75, 3.05) is 25.0 Å². The van der Waals surface area contributed by atoms with Crippen LogP contribution in [-0.2, 0) is 24.2 Å². The van der Waals surface area contributed by atoms with Gasteiger partial charge in [-0.05, 0) is 64.4 Å². The third-order valence-electron chi connectivity index (χ3n) is 5.93. The molecule has 2 aromatic rings. The molecule has 1 saturated heterocycles. The van der Waals surface area contributed by atoms with Gasteiger partial charge in [-0.1, -0.05) is 6.92 Å². The van der Waals surface area contributed by atoms with Crippen LogP contribution in [0.5, 0.6) is 0 Å². The standard InChI is InChI=1S/C22H33N5OS/c1-14-8-10-27(11-9-14)13-17-24-20(23-12-18(28)26-22(2,3)4)19-15-6-5-7-16(15)29-21(19)25-17/h14H,5-13H2,1-4H3,(H,26,28)(H,23,24,25)/p+1. The van der Waals surface area contributed by atoms with E-state index in [1.54, 1.807) is 4.90 Å². The summed E-state index contributed by atoms with van der Waals surface area (Å²) >= 11 is 1.82. The van der Waals surface area contributed by atoms with Crippen LogP contribution < -0.4 is 15.5 Å². The van der Waals surface area contributed by atoms with Crippen molar-refractivity contribution in [3.8, 4) is 0 Å². The van der Waals surface area contributed by atoms with Gasteiger partial charge >= 0.3 is 0 Å². The second-order valence-corrected chi connectivity index (χ2v) is 10.9. The molecule has 0 spiro atoms. The van der Waals surface area contributed by atoms with E-state index in [1.165, 1.54) is 42.8 Å². The number of hydrogen-bond donors (Lipinski definition) is 3. The van der Waals surface area contributed by atoms with Crippen LogP contribution in [0.25, 0.3) is 10.2 Å². The molecule has 1 aliphatic heterocycles. The summed E-state index contributed by atoms with van der Waals surface area (Å²) in [6.07, 6.45) is 6.01. The number of hydrogen-bond acceptors (Lipinski definition) is 5. The van der Waals surface area contributed by atoms with E-state index in [0.29, 0.717) is 0 Å². The van der Waals surface area contributed by atoms with E-state index in [1.807, 2.05) is 32.1 Å². The molecule has 1 amide bonds. The molecule has 29 heavy (non-hydrogen) atoms. The van der Waals surface area contributed by atoms with Gasteiger partial charge in [0, 0.05) is 10.4 Å². The summed E-state index contributed by atoms with van der Waals surface area (Å²) in [4.78, 5) is 26.3. The fraction of sp³-hybridized carbons (Fsp3) is 0.682. The van der Waals surface area contributed by atoms with E-state index in [0.717, 1.165) is 47.2 Å². The minimum absolute atomic E-state index is 0.00618. The van der Waals surface area contributed by atoms with Gasteiger partial charge in [-0.2, -0.15) is 0 Å². The molecule has 2 aromatic heterocycles. The number of aromatic nitrogens is 2. The van der Waals surface area contributed by atoms with E-state index < -0.39 is 0 Å². The number of nitrogens with zero attached hydrogens (tertiary/aromatic N) is 2. The zero-order valence-electron chi connectivity index (χ0n) is 18.2. The van der Waals surface area contributed by atoms with Crippen molar-refractivity contribution < 1.29 is 9.69 Å². The SMILES string of the molecule is CC1CC[NH+](Cc2nc(NCC(=O)NC(C)(C)C)c3c4c(sc3n2)CCC4)CC1. The van der Waals surface area contributed by atoms with Crippen LogP contribution in [0.15, 0.2) is 0 Å². The molecule has 1 fully saturated rings. The number of likely N-dealkylation sites (tertiary alicyclic amines) is 1. The first-order valence-electron chi connectivity index (χ1n) is 11.0. The van der Waals surface area contributed by atoms with E-state index in [4.69, 9.17) is 9.97 Å². The maximum atomic E-state index is 12.4. The van der Waals surface area contributed by atoms with E-state index in [-0.39, 0.29) is 18.0 Å². The summed E-state index contributed by atoms with van der Waals surface area (Å²) in [7, 11) is 0. The van der Waals surface area contributed by atoms with Gasteiger partial charge in [0.15, 0.2) is 5.82 Å². The van der Waals surface area contributed by atoms with Crippen molar-refractivity contribution >= 4 is 33.3 Å². The Bertz CT molecular complexity index is 893. The summed E-state index contributed by atoms with van der Waals surface area (Å²) < 4.78 is 0. The summed E-state index contributed by atoms with van der Waals surface area (Å²) in [5.74, 6) is 2.58. The van der Waals surface area contributed by atoms with E-state index in [2.05, 4.69) is 17.6 Å². The fourth-order valence-corrected chi connectivity index (χ4v) is 5.72. The fourth-order valence-electron chi connectivity index (χ4n) is 4.44. The molecule has 2 aliphatic rings. The minimum Gasteiger partial charge on any atom is -0.360 e. The van der Waals surface area contributed by atoms with Gasteiger partial charge in [-0.3, -0.25) is 4.79 Å². The molecule has 3 heterocycles. The number of fused-ring (bicyclic) bond motifs is 3. The molecular weight excluding hydrogens is 382 g/mol. The first kappa shape index (κ1) is 20.5. The molecule has 0 saturated carbocycles.